The Morgan fingerprint density at radius 2 is 2.09 bits per heavy atom. The highest BCUT2D eigenvalue weighted by molar-refractivity contribution is 8.00. The molecule has 0 unspecified atom stereocenters. The van der Waals surface area contributed by atoms with Gasteiger partial charge in [-0.3, -0.25) is 4.79 Å². The summed E-state index contributed by atoms with van der Waals surface area (Å²) in [6.07, 6.45) is 1.90. The molecule has 6 nitrogen and oxygen atoms in total. The number of hydrogen-bond acceptors (Lipinski definition) is 6. The fourth-order valence-electron chi connectivity index (χ4n) is 1.85. The number of nitrogens with zero attached hydrogens (tertiary/aromatic N) is 1. The first kappa shape index (κ1) is 17.2. The molecule has 0 fully saturated rings. The lowest BCUT2D eigenvalue weighted by Gasteiger charge is -2.17. The lowest BCUT2D eigenvalue weighted by molar-refractivity contribution is -0.140. The van der Waals surface area contributed by atoms with E-state index in [2.05, 4.69) is 9.71 Å². The summed E-state index contributed by atoms with van der Waals surface area (Å²) in [6.45, 7) is 3.30. The number of carboxylic acids is 1. The average molecular weight is 360 g/mol. The lowest BCUT2D eigenvalue weighted by Crippen LogP contribution is -2.44. The van der Waals surface area contributed by atoms with Crippen molar-refractivity contribution in [3.63, 3.8) is 0 Å². The summed E-state index contributed by atoms with van der Waals surface area (Å²) < 4.78 is 28.6. The van der Waals surface area contributed by atoms with E-state index in [0.29, 0.717) is 0 Å². The Balaban J connectivity index is 2.38. The molecular formula is C13H16N2O4S3. The van der Waals surface area contributed by atoms with Gasteiger partial charge in [-0.2, -0.15) is 4.72 Å². The first-order valence-corrected chi connectivity index (χ1v) is 9.96. The molecule has 0 bridgehead atoms. The van der Waals surface area contributed by atoms with Crippen LogP contribution in [-0.4, -0.2) is 36.8 Å². The van der Waals surface area contributed by atoms with E-state index in [1.165, 1.54) is 35.2 Å². The molecule has 0 amide bonds. The summed E-state index contributed by atoms with van der Waals surface area (Å²) in [7, 11) is -3.90. The minimum Gasteiger partial charge on any atom is -0.480 e. The highest BCUT2D eigenvalue weighted by atomic mass is 32.2. The van der Waals surface area contributed by atoms with Crippen LogP contribution in [0.4, 0.5) is 0 Å². The first-order valence-electron chi connectivity index (χ1n) is 6.44. The van der Waals surface area contributed by atoms with Crippen molar-refractivity contribution in [1.82, 2.24) is 9.71 Å². The SMILES string of the molecule is CSc1nc2ccc(S(=O)(=O)N[C@@H](C(=O)O)C(C)C)cc2s1. The summed E-state index contributed by atoms with van der Waals surface area (Å²) in [5.74, 6) is -1.55. The Bertz CT molecular complexity index is 799. The number of carbonyl (C=O) groups is 1. The molecular weight excluding hydrogens is 344 g/mol. The Morgan fingerprint density at radius 3 is 2.64 bits per heavy atom. The van der Waals surface area contributed by atoms with Crippen LogP contribution in [0, 0.1) is 5.92 Å². The number of thiazole rings is 1. The smallest absolute Gasteiger partial charge is 0.322 e. The van der Waals surface area contributed by atoms with Crippen LogP contribution in [0.3, 0.4) is 0 Å². The van der Waals surface area contributed by atoms with E-state index in [1.54, 1.807) is 19.9 Å². The summed E-state index contributed by atoms with van der Waals surface area (Å²) in [6, 6.07) is 3.43. The molecule has 0 saturated heterocycles. The topological polar surface area (TPSA) is 96.4 Å². The van der Waals surface area contributed by atoms with Crippen LogP contribution in [0.1, 0.15) is 13.8 Å². The third-order valence-corrected chi connectivity index (χ3v) is 6.48. The van der Waals surface area contributed by atoms with Crippen molar-refractivity contribution in [3.05, 3.63) is 18.2 Å². The predicted octanol–water partition coefficient (Wildman–Crippen LogP) is 2.41. The number of aromatic nitrogens is 1. The van der Waals surface area contributed by atoms with Gasteiger partial charge >= 0.3 is 5.97 Å². The molecule has 2 rings (SSSR count). The standard InChI is InChI=1S/C13H16N2O4S3/c1-7(2)11(12(16)17)15-22(18,19)8-4-5-9-10(6-8)21-13(14-9)20-3/h4-7,11,15H,1-3H3,(H,16,17)/t11-/m1/s1. The monoisotopic (exact) mass is 360 g/mol. The molecule has 1 aromatic heterocycles. The van der Waals surface area contributed by atoms with Gasteiger partial charge in [0.2, 0.25) is 10.0 Å². The van der Waals surface area contributed by atoms with Crippen molar-refractivity contribution in [2.45, 2.75) is 29.1 Å². The minimum absolute atomic E-state index is 0.0446. The van der Waals surface area contributed by atoms with Gasteiger partial charge in [-0.1, -0.05) is 25.6 Å². The Labute approximate surface area is 137 Å². The molecule has 1 atom stereocenters. The summed E-state index contributed by atoms with van der Waals surface area (Å²) >= 11 is 2.89. The van der Waals surface area contributed by atoms with Crippen LogP contribution in [0.25, 0.3) is 10.2 Å². The Hall–Kier alpha value is -1.16. The van der Waals surface area contributed by atoms with E-state index in [1.807, 2.05) is 6.26 Å². The van der Waals surface area contributed by atoms with Crippen molar-refractivity contribution < 1.29 is 18.3 Å². The van der Waals surface area contributed by atoms with E-state index in [-0.39, 0.29) is 10.8 Å². The number of rotatable bonds is 6. The number of nitrogens with one attached hydrogen (secondary N) is 1. The fraction of sp³-hybridized carbons (Fsp3) is 0.385. The van der Waals surface area contributed by atoms with Crippen LogP contribution in [0.15, 0.2) is 27.4 Å². The maximum atomic E-state index is 12.4. The van der Waals surface area contributed by atoms with Crippen molar-refractivity contribution in [2.24, 2.45) is 5.92 Å². The normalized spacial score (nSPS) is 13.6. The maximum absolute atomic E-state index is 12.4. The second kappa shape index (κ2) is 6.53. The molecule has 0 saturated carbocycles. The second-order valence-electron chi connectivity index (χ2n) is 4.99. The van der Waals surface area contributed by atoms with Crippen LogP contribution in [0.2, 0.25) is 0 Å². The molecule has 9 heteroatoms. The van der Waals surface area contributed by atoms with Crippen LogP contribution in [-0.2, 0) is 14.8 Å². The molecule has 2 N–H and O–H groups in total. The third-order valence-electron chi connectivity index (χ3n) is 3.04. The highest BCUT2D eigenvalue weighted by Crippen LogP contribution is 2.29. The van der Waals surface area contributed by atoms with Gasteiger partial charge in [-0.05, 0) is 30.4 Å². The fourth-order valence-corrected chi connectivity index (χ4v) is 4.81. The molecule has 0 radical (unpaired) electrons. The van der Waals surface area contributed by atoms with Crippen molar-refractivity contribution in [3.8, 4) is 0 Å². The van der Waals surface area contributed by atoms with Gasteiger partial charge in [0.15, 0.2) is 4.34 Å². The van der Waals surface area contributed by atoms with Crippen molar-refractivity contribution in [2.75, 3.05) is 6.26 Å². The zero-order valence-corrected chi connectivity index (χ0v) is 14.7. The molecule has 0 aliphatic rings. The van der Waals surface area contributed by atoms with E-state index in [0.717, 1.165) is 14.6 Å². The number of benzene rings is 1. The van der Waals surface area contributed by atoms with Gasteiger partial charge in [0.1, 0.15) is 6.04 Å². The molecule has 2 aromatic rings. The quantitative estimate of drug-likeness (QED) is 0.768. The lowest BCUT2D eigenvalue weighted by atomic mass is 10.1. The number of thioether (sulfide) groups is 1. The van der Waals surface area contributed by atoms with Gasteiger partial charge in [-0.15, -0.1) is 11.3 Å². The Kier molecular flexibility index (Phi) is 5.10. The first-order chi connectivity index (χ1) is 10.2. The molecule has 120 valence electrons. The van der Waals surface area contributed by atoms with Crippen molar-refractivity contribution >= 4 is 49.3 Å². The number of hydrogen-bond donors (Lipinski definition) is 2. The second-order valence-corrected chi connectivity index (χ2v) is 8.79. The zero-order valence-electron chi connectivity index (χ0n) is 12.2. The molecule has 22 heavy (non-hydrogen) atoms. The summed E-state index contributed by atoms with van der Waals surface area (Å²) in [5.41, 5.74) is 0.729. The van der Waals surface area contributed by atoms with Crippen LogP contribution < -0.4 is 4.72 Å². The molecule has 0 spiro atoms. The third kappa shape index (κ3) is 3.60. The maximum Gasteiger partial charge on any atom is 0.322 e. The molecule has 0 aliphatic carbocycles. The van der Waals surface area contributed by atoms with E-state index < -0.39 is 22.0 Å². The minimum atomic E-state index is -3.90. The summed E-state index contributed by atoms with van der Waals surface area (Å²) in [4.78, 5) is 15.6. The van der Waals surface area contributed by atoms with E-state index in [9.17, 15) is 13.2 Å². The van der Waals surface area contributed by atoms with Gasteiger partial charge in [0.25, 0.3) is 0 Å². The number of carboxylic acid groups (broad SMARTS) is 1. The van der Waals surface area contributed by atoms with E-state index >= 15 is 0 Å². The molecule has 0 aliphatic heterocycles. The highest BCUT2D eigenvalue weighted by Gasteiger charge is 2.28. The van der Waals surface area contributed by atoms with Crippen LogP contribution >= 0.6 is 23.1 Å². The van der Waals surface area contributed by atoms with Gasteiger partial charge < -0.3 is 5.11 Å². The van der Waals surface area contributed by atoms with Gasteiger partial charge in [0, 0.05) is 0 Å². The van der Waals surface area contributed by atoms with Crippen molar-refractivity contribution in [1.29, 1.82) is 0 Å². The van der Waals surface area contributed by atoms with E-state index in [4.69, 9.17) is 5.11 Å². The van der Waals surface area contributed by atoms with Crippen LogP contribution in [0.5, 0.6) is 0 Å². The average Bonchev–Trinajstić information content (AvgIpc) is 2.86. The molecule has 1 aromatic carbocycles. The van der Waals surface area contributed by atoms with Gasteiger partial charge in [-0.25, -0.2) is 13.4 Å². The zero-order chi connectivity index (χ0) is 16.5. The molecule has 1 heterocycles. The van der Waals surface area contributed by atoms with Gasteiger partial charge in [0.05, 0.1) is 15.1 Å². The number of aliphatic carboxylic acids is 1. The number of sulfonamides is 1. The number of fused-ring (bicyclic) bond motifs is 1. The summed E-state index contributed by atoms with van der Waals surface area (Å²) in [5, 5.41) is 9.12. The predicted molar refractivity (Wildman–Crippen MR) is 88.0 cm³/mol. The largest absolute Gasteiger partial charge is 0.480 e. The Morgan fingerprint density at radius 1 is 1.41 bits per heavy atom.